The van der Waals surface area contributed by atoms with Gasteiger partial charge in [0.25, 0.3) is 0 Å². The molecule has 0 aliphatic rings. The number of hydrogen-bond acceptors (Lipinski definition) is 3. The van der Waals surface area contributed by atoms with Crippen LogP contribution in [0.4, 0.5) is 0 Å². The zero-order valence-corrected chi connectivity index (χ0v) is 17.9. The second-order valence-corrected chi connectivity index (χ2v) is 8.88. The van der Waals surface area contributed by atoms with E-state index >= 15 is 0 Å². The minimum Gasteiger partial charge on any atom is -0.456 e. The molecule has 138 valence electrons. The molecule has 0 unspecified atom stereocenters. The van der Waals surface area contributed by atoms with Gasteiger partial charge in [0.15, 0.2) is 0 Å². The Morgan fingerprint density at radius 2 is 0.931 bits per heavy atom. The highest BCUT2D eigenvalue weighted by atomic mass is 79.9. The zero-order chi connectivity index (χ0) is 19.3. The molecule has 4 aromatic carbocycles. The van der Waals surface area contributed by atoms with Crippen molar-refractivity contribution in [2.24, 2.45) is 0 Å². The molecule has 7 aromatic rings. The number of furan rings is 3. The van der Waals surface area contributed by atoms with Crippen molar-refractivity contribution in [3.63, 3.8) is 0 Å². The topological polar surface area (TPSA) is 39.4 Å². The van der Waals surface area contributed by atoms with Crippen LogP contribution in [0.1, 0.15) is 0 Å². The van der Waals surface area contributed by atoms with Crippen molar-refractivity contribution < 1.29 is 13.3 Å². The Labute approximate surface area is 180 Å². The van der Waals surface area contributed by atoms with Crippen molar-refractivity contribution in [1.82, 2.24) is 0 Å². The summed E-state index contributed by atoms with van der Waals surface area (Å²) in [7, 11) is 0. The molecule has 0 saturated heterocycles. The Kier molecular flexibility index (Phi) is 3.01. The minimum absolute atomic E-state index is 0.815. The van der Waals surface area contributed by atoms with Crippen molar-refractivity contribution >= 4 is 97.7 Å². The normalized spacial score (nSPS) is 12.5. The maximum atomic E-state index is 6.32. The number of halogens is 2. The van der Waals surface area contributed by atoms with Crippen molar-refractivity contribution in [1.29, 1.82) is 0 Å². The molecule has 29 heavy (non-hydrogen) atoms. The maximum absolute atomic E-state index is 6.32. The lowest BCUT2D eigenvalue weighted by atomic mass is 10.0. The minimum atomic E-state index is 0.815. The van der Waals surface area contributed by atoms with Crippen LogP contribution in [0.15, 0.2) is 82.9 Å². The molecule has 0 saturated carbocycles. The molecule has 0 radical (unpaired) electrons. The van der Waals surface area contributed by atoms with Crippen LogP contribution in [0.3, 0.4) is 0 Å². The second-order valence-electron chi connectivity index (χ2n) is 7.17. The first-order valence-corrected chi connectivity index (χ1v) is 10.7. The van der Waals surface area contributed by atoms with Crippen LogP contribution in [0.2, 0.25) is 0 Å². The lowest BCUT2D eigenvalue weighted by Gasteiger charge is -1.99. The predicted octanol–water partition coefficient (Wildman–Crippen LogP) is 8.91. The summed E-state index contributed by atoms with van der Waals surface area (Å²) in [5, 5.41) is 6.34. The van der Waals surface area contributed by atoms with Crippen LogP contribution in [0.25, 0.3) is 65.8 Å². The van der Waals surface area contributed by atoms with Gasteiger partial charge in [0.05, 0.1) is 8.95 Å². The Morgan fingerprint density at radius 1 is 0.483 bits per heavy atom. The van der Waals surface area contributed by atoms with Gasteiger partial charge in [-0.15, -0.1) is 0 Å². The van der Waals surface area contributed by atoms with Crippen LogP contribution in [-0.2, 0) is 0 Å². The molecule has 0 amide bonds. The molecular weight excluding hydrogens is 496 g/mol. The first kappa shape index (κ1) is 16.1. The first-order valence-electron chi connectivity index (χ1n) is 9.16. The monoisotopic (exact) mass is 504 g/mol. The van der Waals surface area contributed by atoms with Gasteiger partial charge in [-0.1, -0.05) is 36.4 Å². The summed E-state index contributed by atoms with van der Waals surface area (Å²) in [5.74, 6) is 0. The van der Waals surface area contributed by atoms with Gasteiger partial charge in [0.1, 0.15) is 33.5 Å². The fourth-order valence-corrected chi connectivity index (χ4v) is 5.43. The van der Waals surface area contributed by atoms with Crippen LogP contribution >= 0.6 is 31.9 Å². The Hall–Kier alpha value is -2.76. The smallest absolute Gasteiger partial charge is 0.150 e. The van der Waals surface area contributed by atoms with Gasteiger partial charge >= 0.3 is 0 Å². The summed E-state index contributed by atoms with van der Waals surface area (Å²) >= 11 is 7.34. The molecule has 3 heterocycles. The van der Waals surface area contributed by atoms with E-state index in [9.17, 15) is 0 Å². The molecule has 0 bridgehead atoms. The standard InChI is InChI=1S/C24H10Br2O3/c25-13-9-17-21(19-11-5-1-3-7-15(11)28-23(13)19)22-18(27-17)10-14(26)24-20(22)12-6-2-4-8-16(12)29-24/h1-10H. The molecule has 0 atom stereocenters. The van der Waals surface area contributed by atoms with Crippen molar-refractivity contribution in [2.75, 3.05) is 0 Å². The zero-order valence-electron chi connectivity index (χ0n) is 14.8. The highest BCUT2D eigenvalue weighted by Crippen LogP contribution is 2.48. The highest BCUT2D eigenvalue weighted by Gasteiger charge is 2.23. The van der Waals surface area contributed by atoms with E-state index in [2.05, 4.69) is 44.0 Å². The van der Waals surface area contributed by atoms with E-state index in [1.54, 1.807) is 0 Å². The second kappa shape index (κ2) is 5.43. The Balaban J connectivity index is 1.89. The van der Waals surface area contributed by atoms with Crippen LogP contribution in [0, 0.1) is 0 Å². The van der Waals surface area contributed by atoms with Gasteiger partial charge in [0, 0.05) is 32.3 Å². The van der Waals surface area contributed by atoms with Gasteiger partial charge in [-0.2, -0.15) is 0 Å². The number of para-hydroxylation sites is 2. The maximum Gasteiger partial charge on any atom is 0.150 e. The molecule has 3 nitrogen and oxygen atoms in total. The number of rotatable bonds is 0. The van der Waals surface area contributed by atoms with E-state index in [0.29, 0.717) is 0 Å². The molecule has 0 spiro atoms. The van der Waals surface area contributed by atoms with Gasteiger partial charge in [-0.05, 0) is 56.1 Å². The van der Waals surface area contributed by atoms with E-state index in [4.69, 9.17) is 13.3 Å². The molecule has 0 aliphatic heterocycles. The molecule has 5 heteroatoms. The fourth-order valence-electron chi connectivity index (χ4n) is 4.45. The average molecular weight is 506 g/mol. The third-order valence-electron chi connectivity index (χ3n) is 5.60. The third-order valence-corrected chi connectivity index (χ3v) is 6.78. The fraction of sp³-hybridized carbons (Fsp3) is 0. The SMILES string of the molecule is Brc1cc2oc3cc(Br)c4oc5ccccc5c4c3c2c2c1oc1ccccc12. The quantitative estimate of drug-likeness (QED) is 0.206. The number of benzene rings is 4. The van der Waals surface area contributed by atoms with Crippen LogP contribution in [-0.4, -0.2) is 0 Å². The summed E-state index contributed by atoms with van der Waals surface area (Å²) in [4.78, 5) is 0. The third kappa shape index (κ3) is 1.97. The molecule has 0 N–H and O–H groups in total. The Morgan fingerprint density at radius 3 is 1.41 bits per heavy atom. The Bertz CT molecular complexity index is 1650. The lowest BCUT2D eigenvalue weighted by Crippen LogP contribution is -1.76. The van der Waals surface area contributed by atoms with Crippen LogP contribution in [0.5, 0.6) is 0 Å². The molecule has 0 fully saturated rings. The average Bonchev–Trinajstić information content (AvgIpc) is 3.39. The van der Waals surface area contributed by atoms with Crippen molar-refractivity contribution in [3.8, 4) is 0 Å². The predicted molar refractivity (Wildman–Crippen MR) is 124 cm³/mol. The van der Waals surface area contributed by atoms with Gasteiger partial charge in [-0.3, -0.25) is 0 Å². The van der Waals surface area contributed by atoms with E-state index in [1.807, 2.05) is 48.5 Å². The number of fused-ring (bicyclic) bond motifs is 11. The summed E-state index contributed by atoms with van der Waals surface area (Å²) < 4.78 is 20.5. The van der Waals surface area contributed by atoms with E-state index < -0.39 is 0 Å². The lowest BCUT2D eigenvalue weighted by molar-refractivity contribution is 0.658. The molecule has 0 aliphatic carbocycles. The van der Waals surface area contributed by atoms with Gasteiger partial charge < -0.3 is 13.3 Å². The van der Waals surface area contributed by atoms with E-state index in [1.165, 1.54) is 0 Å². The summed E-state index contributed by atoms with van der Waals surface area (Å²) in [6.45, 7) is 0. The van der Waals surface area contributed by atoms with Crippen LogP contribution < -0.4 is 0 Å². The molecule has 3 aromatic heterocycles. The molecule has 7 rings (SSSR count). The molecular formula is C24H10Br2O3. The van der Waals surface area contributed by atoms with Gasteiger partial charge in [-0.25, -0.2) is 0 Å². The first-order chi connectivity index (χ1) is 14.2. The van der Waals surface area contributed by atoms with Crippen molar-refractivity contribution in [2.45, 2.75) is 0 Å². The van der Waals surface area contributed by atoms with Gasteiger partial charge in [0.2, 0.25) is 0 Å². The van der Waals surface area contributed by atoms with E-state index in [-0.39, 0.29) is 0 Å². The summed E-state index contributed by atoms with van der Waals surface area (Å²) in [5.41, 5.74) is 4.99. The largest absolute Gasteiger partial charge is 0.456 e. The highest BCUT2D eigenvalue weighted by molar-refractivity contribution is 9.11. The summed E-state index contributed by atoms with van der Waals surface area (Å²) in [6, 6.07) is 20.2. The summed E-state index contributed by atoms with van der Waals surface area (Å²) in [6.07, 6.45) is 0. The number of hydrogen-bond donors (Lipinski definition) is 0. The van der Waals surface area contributed by atoms with E-state index in [0.717, 1.165) is 74.8 Å². The van der Waals surface area contributed by atoms with Crippen molar-refractivity contribution in [3.05, 3.63) is 69.6 Å².